The molecule has 1 aliphatic heterocycles. The van der Waals surface area contributed by atoms with Crippen molar-refractivity contribution in [2.75, 3.05) is 26.2 Å². The van der Waals surface area contributed by atoms with Gasteiger partial charge in [0.25, 0.3) is 0 Å². The summed E-state index contributed by atoms with van der Waals surface area (Å²) < 4.78 is 1.87. The molecule has 0 aromatic carbocycles. The van der Waals surface area contributed by atoms with Crippen molar-refractivity contribution >= 4 is 0 Å². The summed E-state index contributed by atoms with van der Waals surface area (Å²) in [7, 11) is 0. The second-order valence-corrected chi connectivity index (χ2v) is 5.24. The van der Waals surface area contributed by atoms with Crippen molar-refractivity contribution in [1.82, 2.24) is 25.2 Å². The highest BCUT2D eigenvalue weighted by Gasteiger charge is 2.11. The van der Waals surface area contributed by atoms with E-state index >= 15 is 0 Å². The summed E-state index contributed by atoms with van der Waals surface area (Å²) >= 11 is 0. The summed E-state index contributed by atoms with van der Waals surface area (Å²) in [5.41, 5.74) is 0. The molecule has 0 amide bonds. The maximum Gasteiger partial charge on any atom is 0.0692 e. The van der Waals surface area contributed by atoms with Gasteiger partial charge >= 0.3 is 0 Å². The van der Waals surface area contributed by atoms with Crippen LogP contribution in [0.2, 0.25) is 0 Å². The molecule has 0 spiro atoms. The van der Waals surface area contributed by atoms with E-state index in [1.807, 2.05) is 10.9 Å². The molecule has 1 unspecified atom stereocenters. The summed E-state index contributed by atoms with van der Waals surface area (Å²) in [6, 6.07) is 0.548. The van der Waals surface area contributed by atoms with Gasteiger partial charge in [0.1, 0.15) is 0 Å². The smallest absolute Gasteiger partial charge is 0.0692 e. The average molecular weight is 251 g/mol. The lowest BCUT2D eigenvalue weighted by atomic mass is 10.2. The summed E-state index contributed by atoms with van der Waals surface area (Å²) in [5, 5.41) is 11.3. The highest BCUT2D eigenvalue weighted by Crippen LogP contribution is 2.09. The van der Waals surface area contributed by atoms with Gasteiger partial charge in [0.05, 0.1) is 12.7 Å². The molecule has 1 aromatic rings. The van der Waals surface area contributed by atoms with Crippen LogP contribution in [-0.2, 0) is 6.54 Å². The Balaban J connectivity index is 1.60. The number of rotatable bonds is 6. The summed E-state index contributed by atoms with van der Waals surface area (Å²) in [5.74, 6) is 0. The molecule has 18 heavy (non-hydrogen) atoms. The maximum atomic E-state index is 3.96. The van der Waals surface area contributed by atoms with E-state index < -0.39 is 0 Å². The molecule has 2 rings (SSSR count). The molecule has 0 bridgehead atoms. The van der Waals surface area contributed by atoms with E-state index in [4.69, 9.17) is 0 Å². The van der Waals surface area contributed by atoms with Crippen molar-refractivity contribution in [2.45, 2.75) is 45.2 Å². The van der Waals surface area contributed by atoms with Gasteiger partial charge in [-0.05, 0) is 32.9 Å². The molecule has 1 N–H and O–H groups in total. The second kappa shape index (κ2) is 7.48. The van der Waals surface area contributed by atoms with Crippen LogP contribution in [0.3, 0.4) is 0 Å². The van der Waals surface area contributed by atoms with E-state index in [2.05, 4.69) is 27.5 Å². The van der Waals surface area contributed by atoms with Crippen molar-refractivity contribution < 1.29 is 0 Å². The minimum absolute atomic E-state index is 0.548. The number of hydrogen-bond acceptors (Lipinski definition) is 4. The first-order valence-electron chi connectivity index (χ1n) is 7.14. The predicted octanol–water partition coefficient (Wildman–Crippen LogP) is 1.13. The fourth-order valence-corrected chi connectivity index (χ4v) is 2.55. The van der Waals surface area contributed by atoms with Gasteiger partial charge in [0, 0.05) is 25.3 Å². The summed E-state index contributed by atoms with van der Waals surface area (Å²) in [6.07, 6.45) is 9.17. The van der Waals surface area contributed by atoms with Gasteiger partial charge < -0.3 is 10.2 Å². The molecule has 1 aromatic heterocycles. The third-order valence-electron chi connectivity index (χ3n) is 3.54. The average Bonchev–Trinajstić information content (AvgIpc) is 2.74. The normalized spacial score (nSPS) is 19.6. The van der Waals surface area contributed by atoms with E-state index in [-0.39, 0.29) is 0 Å². The van der Waals surface area contributed by atoms with E-state index in [0.717, 1.165) is 19.6 Å². The third kappa shape index (κ3) is 4.74. The van der Waals surface area contributed by atoms with Crippen molar-refractivity contribution in [2.24, 2.45) is 0 Å². The van der Waals surface area contributed by atoms with Crippen LogP contribution in [0.1, 0.15) is 32.6 Å². The third-order valence-corrected chi connectivity index (χ3v) is 3.54. The highest BCUT2D eigenvalue weighted by molar-refractivity contribution is 4.71. The van der Waals surface area contributed by atoms with Gasteiger partial charge in [-0.3, -0.25) is 4.68 Å². The van der Waals surface area contributed by atoms with Gasteiger partial charge in [0.15, 0.2) is 0 Å². The van der Waals surface area contributed by atoms with Gasteiger partial charge in [-0.15, -0.1) is 5.10 Å². The Labute approximate surface area is 110 Å². The van der Waals surface area contributed by atoms with E-state index in [1.165, 1.54) is 38.8 Å². The van der Waals surface area contributed by atoms with Crippen molar-refractivity contribution in [3.63, 3.8) is 0 Å². The van der Waals surface area contributed by atoms with Crippen LogP contribution in [0.5, 0.6) is 0 Å². The van der Waals surface area contributed by atoms with Gasteiger partial charge in [-0.25, -0.2) is 0 Å². The summed E-state index contributed by atoms with van der Waals surface area (Å²) in [4.78, 5) is 2.60. The van der Waals surface area contributed by atoms with Crippen LogP contribution in [-0.4, -0.2) is 52.1 Å². The quantitative estimate of drug-likeness (QED) is 0.823. The van der Waals surface area contributed by atoms with Crippen molar-refractivity contribution in [1.29, 1.82) is 0 Å². The lowest BCUT2D eigenvalue weighted by Crippen LogP contribution is -2.40. The molecular weight excluding hydrogens is 226 g/mol. The van der Waals surface area contributed by atoms with Gasteiger partial charge in [-0.2, -0.15) is 0 Å². The molecule has 5 nitrogen and oxygen atoms in total. The number of aromatic nitrogens is 3. The Morgan fingerprint density at radius 3 is 2.67 bits per heavy atom. The second-order valence-electron chi connectivity index (χ2n) is 5.24. The van der Waals surface area contributed by atoms with Crippen molar-refractivity contribution in [3.05, 3.63) is 12.4 Å². The first-order chi connectivity index (χ1) is 8.84. The van der Waals surface area contributed by atoms with Crippen LogP contribution in [0.4, 0.5) is 0 Å². The van der Waals surface area contributed by atoms with Crippen LogP contribution in [0.25, 0.3) is 0 Å². The topological polar surface area (TPSA) is 46.0 Å². The first kappa shape index (κ1) is 13.5. The Bertz CT molecular complexity index is 303. The largest absolute Gasteiger partial charge is 0.311 e. The molecule has 0 radical (unpaired) electrons. The lowest BCUT2D eigenvalue weighted by molar-refractivity contribution is 0.255. The Morgan fingerprint density at radius 2 is 2.00 bits per heavy atom. The monoisotopic (exact) mass is 251 g/mol. The van der Waals surface area contributed by atoms with E-state index in [9.17, 15) is 0 Å². The molecule has 1 atom stereocenters. The molecule has 0 saturated carbocycles. The molecule has 1 aliphatic rings. The van der Waals surface area contributed by atoms with Gasteiger partial charge in [0.2, 0.25) is 0 Å². The lowest BCUT2D eigenvalue weighted by Gasteiger charge is -2.24. The Hall–Kier alpha value is -0.940. The van der Waals surface area contributed by atoms with Crippen molar-refractivity contribution in [3.8, 4) is 0 Å². The zero-order chi connectivity index (χ0) is 12.6. The number of hydrogen-bond donors (Lipinski definition) is 1. The predicted molar refractivity (Wildman–Crippen MR) is 72.4 cm³/mol. The fraction of sp³-hybridized carbons (Fsp3) is 0.846. The highest BCUT2D eigenvalue weighted by atomic mass is 15.4. The Morgan fingerprint density at radius 1 is 1.22 bits per heavy atom. The SMILES string of the molecule is CC(CN1CCCCCC1)NCCn1ccnn1. The molecule has 102 valence electrons. The molecular formula is C13H25N5. The Kier molecular flexibility index (Phi) is 5.61. The van der Waals surface area contributed by atoms with E-state index in [0.29, 0.717) is 6.04 Å². The number of nitrogens with zero attached hydrogens (tertiary/aromatic N) is 4. The summed E-state index contributed by atoms with van der Waals surface area (Å²) in [6.45, 7) is 7.83. The van der Waals surface area contributed by atoms with Crippen LogP contribution >= 0.6 is 0 Å². The molecule has 1 fully saturated rings. The zero-order valence-electron chi connectivity index (χ0n) is 11.4. The van der Waals surface area contributed by atoms with Gasteiger partial charge in [-0.1, -0.05) is 18.1 Å². The number of nitrogens with one attached hydrogen (secondary N) is 1. The first-order valence-corrected chi connectivity index (χ1v) is 7.14. The minimum atomic E-state index is 0.548. The molecule has 0 aliphatic carbocycles. The van der Waals surface area contributed by atoms with E-state index in [1.54, 1.807) is 6.20 Å². The minimum Gasteiger partial charge on any atom is -0.311 e. The molecule has 1 saturated heterocycles. The standard InChI is InChI=1S/C13H25N5/c1-13(12-17-8-4-2-3-5-9-17)14-6-10-18-11-7-15-16-18/h7,11,13-14H,2-6,8-10,12H2,1H3. The number of likely N-dealkylation sites (tertiary alicyclic amines) is 1. The molecule has 5 heteroatoms. The van der Waals surface area contributed by atoms with Crippen LogP contribution < -0.4 is 5.32 Å². The zero-order valence-corrected chi connectivity index (χ0v) is 11.4. The maximum absolute atomic E-state index is 3.96. The molecule has 2 heterocycles. The fourth-order valence-electron chi connectivity index (χ4n) is 2.55. The van der Waals surface area contributed by atoms with Crippen LogP contribution in [0.15, 0.2) is 12.4 Å². The van der Waals surface area contributed by atoms with Crippen LogP contribution in [0, 0.1) is 0 Å².